The van der Waals surface area contributed by atoms with E-state index in [0.29, 0.717) is 27.1 Å². The minimum absolute atomic E-state index is 0.104. The van der Waals surface area contributed by atoms with Gasteiger partial charge in [0.25, 0.3) is 0 Å². The minimum atomic E-state index is -0.421. The molecule has 9 nitrogen and oxygen atoms in total. The molecule has 1 aromatic carbocycles. The number of fused-ring (bicyclic) bond motifs is 2. The van der Waals surface area contributed by atoms with Crippen molar-refractivity contribution in [2.75, 3.05) is 18.8 Å². The van der Waals surface area contributed by atoms with Crippen LogP contribution in [0.25, 0.3) is 43.6 Å². The first-order chi connectivity index (χ1) is 16.5. The molecule has 0 unspecified atom stereocenters. The molecule has 1 aliphatic heterocycles. The third kappa shape index (κ3) is 3.31. The quantitative estimate of drug-likeness (QED) is 0.412. The Labute approximate surface area is 197 Å². The SMILES string of the molecule is CC(=O)N1CCC(n2cc(-c3cnc(N)c4oc(-c5c(F)ccc6nnsc56)cc34)cn2)CC1. The fourth-order valence-electron chi connectivity index (χ4n) is 4.57. The molecule has 4 aromatic heterocycles. The number of rotatable bonds is 3. The summed E-state index contributed by atoms with van der Waals surface area (Å²) >= 11 is 1.11. The van der Waals surface area contributed by atoms with Gasteiger partial charge in [-0.1, -0.05) is 4.49 Å². The fourth-order valence-corrected chi connectivity index (χ4v) is 5.27. The first-order valence-electron chi connectivity index (χ1n) is 10.9. The van der Waals surface area contributed by atoms with Crippen LogP contribution in [0.5, 0.6) is 0 Å². The highest BCUT2D eigenvalue weighted by Gasteiger charge is 2.24. The van der Waals surface area contributed by atoms with Gasteiger partial charge < -0.3 is 15.1 Å². The molecule has 172 valence electrons. The standard InChI is InChI=1S/C23H20FN7O2S/c1-12(32)30-6-4-14(5-7-30)31-11-13(9-27-31)16-10-26-23(25)21-15(16)8-19(33-21)20-17(24)2-3-18-22(20)34-29-28-18/h2-3,8-11,14H,4-7H2,1H3,(H2,25,26). The van der Waals surface area contributed by atoms with E-state index in [2.05, 4.69) is 19.7 Å². The van der Waals surface area contributed by atoms with Gasteiger partial charge in [0.05, 0.1) is 22.5 Å². The summed E-state index contributed by atoms with van der Waals surface area (Å²) in [6.07, 6.45) is 7.13. The summed E-state index contributed by atoms with van der Waals surface area (Å²) in [7, 11) is 0. The Hall–Kier alpha value is -3.86. The topological polar surface area (TPSA) is 116 Å². The maximum absolute atomic E-state index is 14.8. The van der Waals surface area contributed by atoms with Crippen molar-refractivity contribution < 1.29 is 13.6 Å². The molecular formula is C23H20FN7O2S. The molecule has 1 saturated heterocycles. The minimum Gasteiger partial charge on any atom is -0.452 e. The Bertz CT molecular complexity index is 1550. The van der Waals surface area contributed by atoms with E-state index in [1.54, 1.807) is 31.5 Å². The van der Waals surface area contributed by atoms with Crippen molar-refractivity contribution in [1.82, 2.24) is 29.3 Å². The number of hydrogen-bond acceptors (Lipinski definition) is 8. The normalized spacial score (nSPS) is 14.9. The zero-order valence-corrected chi connectivity index (χ0v) is 19.0. The molecule has 0 atom stereocenters. The lowest BCUT2D eigenvalue weighted by Crippen LogP contribution is -2.37. The number of piperidine rings is 1. The molecule has 11 heteroatoms. The number of benzene rings is 1. The van der Waals surface area contributed by atoms with Crippen molar-refractivity contribution in [3.8, 4) is 22.5 Å². The highest BCUT2D eigenvalue weighted by atomic mass is 32.1. The molecule has 5 heterocycles. The van der Waals surface area contributed by atoms with Crippen LogP contribution in [0.1, 0.15) is 25.8 Å². The number of anilines is 1. The molecule has 0 radical (unpaired) electrons. The zero-order chi connectivity index (χ0) is 23.4. The average Bonchev–Trinajstić information content (AvgIpc) is 3.59. The first-order valence-corrected chi connectivity index (χ1v) is 11.7. The summed E-state index contributed by atoms with van der Waals surface area (Å²) in [5.41, 5.74) is 9.06. The van der Waals surface area contributed by atoms with Gasteiger partial charge in [-0.3, -0.25) is 9.48 Å². The molecular weight excluding hydrogens is 457 g/mol. The number of pyridine rings is 1. The lowest BCUT2D eigenvalue weighted by Gasteiger charge is -2.31. The van der Waals surface area contributed by atoms with Gasteiger partial charge in [-0.2, -0.15) is 5.10 Å². The molecule has 0 spiro atoms. The van der Waals surface area contributed by atoms with Crippen molar-refractivity contribution in [2.45, 2.75) is 25.8 Å². The van der Waals surface area contributed by atoms with E-state index in [4.69, 9.17) is 10.2 Å². The highest BCUT2D eigenvalue weighted by Crippen LogP contribution is 2.40. The van der Waals surface area contributed by atoms with Gasteiger partial charge in [0.15, 0.2) is 11.4 Å². The molecule has 0 saturated carbocycles. The van der Waals surface area contributed by atoms with Crippen molar-refractivity contribution in [3.05, 3.63) is 42.6 Å². The largest absolute Gasteiger partial charge is 0.452 e. The van der Waals surface area contributed by atoms with Gasteiger partial charge in [0, 0.05) is 48.9 Å². The third-order valence-corrected chi connectivity index (χ3v) is 7.16. The van der Waals surface area contributed by atoms with E-state index >= 15 is 0 Å². The Balaban J connectivity index is 1.40. The summed E-state index contributed by atoms with van der Waals surface area (Å²) in [4.78, 5) is 17.8. The number of hydrogen-bond donors (Lipinski definition) is 1. The van der Waals surface area contributed by atoms with Crippen LogP contribution in [0, 0.1) is 5.82 Å². The Kier molecular flexibility index (Phi) is 4.80. The van der Waals surface area contributed by atoms with E-state index in [0.717, 1.165) is 54.0 Å². The van der Waals surface area contributed by atoms with E-state index in [1.807, 2.05) is 15.8 Å². The van der Waals surface area contributed by atoms with Gasteiger partial charge in [-0.05, 0) is 42.6 Å². The fraction of sp³-hybridized carbons (Fsp3) is 0.261. The molecule has 5 aromatic rings. The van der Waals surface area contributed by atoms with Crippen molar-refractivity contribution in [1.29, 1.82) is 0 Å². The van der Waals surface area contributed by atoms with Crippen LogP contribution in [-0.4, -0.2) is 48.2 Å². The van der Waals surface area contributed by atoms with Crippen LogP contribution in [0.2, 0.25) is 0 Å². The van der Waals surface area contributed by atoms with E-state index in [-0.39, 0.29) is 17.8 Å². The third-order valence-electron chi connectivity index (χ3n) is 6.40. The van der Waals surface area contributed by atoms with Gasteiger partial charge in [-0.15, -0.1) is 5.10 Å². The number of carbonyl (C=O) groups excluding carboxylic acids is 1. The number of halogens is 1. The van der Waals surface area contributed by atoms with Crippen molar-refractivity contribution in [3.63, 3.8) is 0 Å². The van der Waals surface area contributed by atoms with Gasteiger partial charge in [0.2, 0.25) is 5.91 Å². The average molecular weight is 478 g/mol. The summed E-state index contributed by atoms with van der Waals surface area (Å²) in [5, 5.41) is 9.34. The summed E-state index contributed by atoms with van der Waals surface area (Å²) in [6.45, 7) is 3.04. The second-order valence-corrected chi connectivity index (χ2v) is 9.15. The second-order valence-electron chi connectivity index (χ2n) is 8.40. The highest BCUT2D eigenvalue weighted by molar-refractivity contribution is 7.13. The van der Waals surface area contributed by atoms with Crippen molar-refractivity contribution >= 4 is 44.4 Å². The monoisotopic (exact) mass is 477 g/mol. The van der Waals surface area contributed by atoms with Crippen LogP contribution in [0.4, 0.5) is 10.2 Å². The molecule has 1 fully saturated rings. The van der Waals surface area contributed by atoms with Gasteiger partial charge in [0.1, 0.15) is 17.1 Å². The summed E-state index contributed by atoms with van der Waals surface area (Å²) in [6, 6.07) is 4.95. The van der Waals surface area contributed by atoms with Crippen LogP contribution in [0.3, 0.4) is 0 Å². The number of nitrogens with two attached hydrogens (primary N) is 1. The molecule has 1 amide bonds. The first kappa shape index (κ1) is 20.7. The molecule has 0 aliphatic carbocycles. The molecule has 6 rings (SSSR count). The van der Waals surface area contributed by atoms with Crippen molar-refractivity contribution in [2.24, 2.45) is 0 Å². The van der Waals surface area contributed by atoms with E-state index in [1.165, 1.54) is 6.07 Å². The molecule has 2 N–H and O–H groups in total. The molecule has 0 bridgehead atoms. The zero-order valence-electron chi connectivity index (χ0n) is 18.2. The predicted molar refractivity (Wildman–Crippen MR) is 127 cm³/mol. The number of carbonyl (C=O) groups is 1. The molecule has 1 aliphatic rings. The van der Waals surface area contributed by atoms with E-state index in [9.17, 15) is 9.18 Å². The predicted octanol–water partition coefficient (Wildman–Crippen LogP) is 4.27. The number of amides is 1. The summed E-state index contributed by atoms with van der Waals surface area (Å²) in [5.74, 6) is 0.250. The van der Waals surface area contributed by atoms with E-state index < -0.39 is 5.82 Å². The maximum atomic E-state index is 14.8. The van der Waals surface area contributed by atoms with Gasteiger partial charge in [-0.25, -0.2) is 9.37 Å². The maximum Gasteiger partial charge on any atom is 0.219 e. The number of aromatic nitrogens is 5. The smallest absolute Gasteiger partial charge is 0.219 e. The molecule has 34 heavy (non-hydrogen) atoms. The van der Waals surface area contributed by atoms with Crippen LogP contribution in [0.15, 0.2) is 41.2 Å². The number of nitrogen functional groups attached to an aromatic ring is 1. The van der Waals surface area contributed by atoms with Crippen LogP contribution < -0.4 is 5.73 Å². The summed E-state index contributed by atoms with van der Waals surface area (Å²) < 4.78 is 27.3. The van der Waals surface area contributed by atoms with Gasteiger partial charge >= 0.3 is 0 Å². The lowest BCUT2D eigenvalue weighted by molar-refractivity contribution is -0.130. The lowest BCUT2D eigenvalue weighted by atomic mass is 10.0. The second kappa shape index (κ2) is 7.87. The Morgan fingerprint density at radius 3 is 2.88 bits per heavy atom. The number of furan rings is 1. The Morgan fingerprint density at radius 2 is 2.09 bits per heavy atom. The van der Waals surface area contributed by atoms with Crippen LogP contribution >= 0.6 is 11.5 Å². The number of nitrogens with zero attached hydrogens (tertiary/aromatic N) is 6. The number of likely N-dealkylation sites (tertiary alicyclic amines) is 1. The Morgan fingerprint density at radius 1 is 1.26 bits per heavy atom. The van der Waals surface area contributed by atoms with Crippen LogP contribution in [-0.2, 0) is 4.79 Å².